The summed E-state index contributed by atoms with van der Waals surface area (Å²) in [7, 11) is 0. The zero-order valence-corrected chi connectivity index (χ0v) is 15.5. The van der Waals surface area contributed by atoms with Crippen LogP contribution >= 0.6 is 0 Å². The Labute approximate surface area is 155 Å². The summed E-state index contributed by atoms with van der Waals surface area (Å²) in [6.45, 7) is 5.99. The molecule has 6 heteroatoms. The molecule has 0 bridgehead atoms. The number of carbonyl (C=O) groups is 1. The highest BCUT2D eigenvalue weighted by Gasteiger charge is 2.02. The van der Waals surface area contributed by atoms with Crippen molar-refractivity contribution in [1.82, 2.24) is 15.6 Å². The third kappa shape index (κ3) is 6.93. The fourth-order valence-corrected chi connectivity index (χ4v) is 2.33. The van der Waals surface area contributed by atoms with Crippen LogP contribution < -0.4 is 16.0 Å². The van der Waals surface area contributed by atoms with Gasteiger partial charge in [-0.2, -0.15) is 0 Å². The van der Waals surface area contributed by atoms with Crippen molar-refractivity contribution in [2.24, 2.45) is 4.99 Å². The first kappa shape index (κ1) is 19.4. The summed E-state index contributed by atoms with van der Waals surface area (Å²) in [6, 6.07) is 13.6. The first-order valence-electron chi connectivity index (χ1n) is 9.02. The molecule has 0 unspecified atom stereocenters. The van der Waals surface area contributed by atoms with E-state index < -0.39 is 0 Å². The Kier molecular flexibility index (Phi) is 8.12. The van der Waals surface area contributed by atoms with Crippen molar-refractivity contribution in [3.63, 3.8) is 0 Å². The summed E-state index contributed by atoms with van der Waals surface area (Å²) in [4.78, 5) is 20.5. The molecule has 1 heterocycles. The minimum Gasteiger partial charge on any atom is -0.357 e. The maximum atomic E-state index is 11.6. The van der Waals surface area contributed by atoms with Gasteiger partial charge in [-0.15, -0.1) is 0 Å². The van der Waals surface area contributed by atoms with Crippen LogP contribution in [0.3, 0.4) is 0 Å². The molecule has 0 saturated carbocycles. The van der Waals surface area contributed by atoms with Gasteiger partial charge in [-0.25, -0.2) is 4.99 Å². The fourth-order valence-electron chi connectivity index (χ4n) is 2.33. The van der Waals surface area contributed by atoms with E-state index in [1.54, 1.807) is 6.20 Å². The van der Waals surface area contributed by atoms with Crippen LogP contribution in [0.5, 0.6) is 0 Å². The minimum absolute atomic E-state index is 0.0476. The first-order valence-corrected chi connectivity index (χ1v) is 9.02. The van der Waals surface area contributed by atoms with Crippen LogP contribution in [0, 0.1) is 0 Å². The molecule has 138 valence electrons. The smallest absolute Gasteiger partial charge is 0.224 e. The van der Waals surface area contributed by atoms with Gasteiger partial charge in [0.25, 0.3) is 0 Å². The van der Waals surface area contributed by atoms with Crippen LogP contribution in [0.25, 0.3) is 0 Å². The zero-order chi connectivity index (χ0) is 18.6. The number of hydrogen-bond donors (Lipinski definition) is 3. The van der Waals surface area contributed by atoms with Crippen molar-refractivity contribution in [1.29, 1.82) is 0 Å². The summed E-state index contributed by atoms with van der Waals surface area (Å²) < 4.78 is 0. The van der Waals surface area contributed by atoms with Crippen LogP contribution in [0.2, 0.25) is 0 Å². The highest BCUT2D eigenvalue weighted by Crippen LogP contribution is 2.11. The number of pyridine rings is 1. The van der Waals surface area contributed by atoms with Crippen molar-refractivity contribution < 1.29 is 4.79 Å². The second-order valence-electron chi connectivity index (χ2n) is 5.86. The maximum absolute atomic E-state index is 11.6. The van der Waals surface area contributed by atoms with E-state index in [4.69, 9.17) is 0 Å². The number of nitrogens with zero attached hydrogens (tertiary/aromatic N) is 2. The number of rotatable bonds is 8. The van der Waals surface area contributed by atoms with E-state index in [9.17, 15) is 4.79 Å². The number of nitrogens with one attached hydrogen (secondary N) is 3. The lowest BCUT2D eigenvalue weighted by atomic mass is 10.2. The quantitative estimate of drug-likeness (QED) is 0.503. The molecule has 1 aromatic heterocycles. The van der Waals surface area contributed by atoms with Gasteiger partial charge in [0.15, 0.2) is 5.96 Å². The Bertz CT molecular complexity index is 698. The molecule has 0 radical (unpaired) electrons. The van der Waals surface area contributed by atoms with Crippen molar-refractivity contribution in [2.75, 3.05) is 11.9 Å². The molecule has 26 heavy (non-hydrogen) atoms. The maximum Gasteiger partial charge on any atom is 0.224 e. The lowest BCUT2D eigenvalue weighted by molar-refractivity contribution is -0.116. The molecule has 1 aromatic carbocycles. The molecule has 2 rings (SSSR count). The molecule has 3 N–H and O–H groups in total. The lowest BCUT2D eigenvalue weighted by Crippen LogP contribution is -2.36. The van der Waals surface area contributed by atoms with Crippen LogP contribution in [0.4, 0.5) is 5.69 Å². The Morgan fingerprint density at radius 1 is 1.08 bits per heavy atom. The van der Waals surface area contributed by atoms with Crippen LogP contribution in [-0.4, -0.2) is 23.4 Å². The van der Waals surface area contributed by atoms with E-state index >= 15 is 0 Å². The molecule has 1 amide bonds. The number of aliphatic imine (C=N–C) groups is 1. The van der Waals surface area contributed by atoms with Gasteiger partial charge in [-0.05, 0) is 43.2 Å². The fraction of sp³-hybridized carbons (Fsp3) is 0.350. The van der Waals surface area contributed by atoms with Gasteiger partial charge >= 0.3 is 0 Å². The van der Waals surface area contributed by atoms with Crippen molar-refractivity contribution in [2.45, 2.75) is 39.8 Å². The summed E-state index contributed by atoms with van der Waals surface area (Å²) in [5.74, 6) is 0.796. The molecule has 6 nitrogen and oxygen atoms in total. The number of hydrogen-bond acceptors (Lipinski definition) is 3. The average Bonchev–Trinajstić information content (AvgIpc) is 2.66. The molecule has 0 fully saturated rings. The summed E-state index contributed by atoms with van der Waals surface area (Å²) in [5.41, 5.74) is 2.86. The number of guanidine groups is 1. The molecule has 0 aliphatic rings. The van der Waals surface area contributed by atoms with E-state index in [0.717, 1.165) is 35.9 Å². The largest absolute Gasteiger partial charge is 0.357 e. The highest BCUT2D eigenvalue weighted by molar-refractivity contribution is 5.90. The van der Waals surface area contributed by atoms with Crippen molar-refractivity contribution in [3.8, 4) is 0 Å². The van der Waals surface area contributed by atoms with Crippen LogP contribution in [-0.2, 0) is 17.9 Å². The van der Waals surface area contributed by atoms with Crippen molar-refractivity contribution >= 4 is 17.6 Å². The number of benzene rings is 1. The molecular formula is C20H27N5O. The van der Waals surface area contributed by atoms with E-state index in [-0.39, 0.29) is 5.91 Å². The first-order chi connectivity index (χ1) is 12.7. The van der Waals surface area contributed by atoms with Crippen molar-refractivity contribution in [3.05, 3.63) is 59.9 Å². The van der Waals surface area contributed by atoms with E-state index in [2.05, 4.69) is 25.9 Å². The Hall–Kier alpha value is -2.89. The Balaban J connectivity index is 1.90. The van der Waals surface area contributed by atoms with Gasteiger partial charge < -0.3 is 16.0 Å². The van der Waals surface area contributed by atoms with Gasteiger partial charge in [0.05, 0.1) is 18.8 Å². The molecule has 0 spiro atoms. The normalized spacial score (nSPS) is 11.1. The molecule has 0 aliphatic carbocycles. The van der Waals surface area contributed by atoms with Gasteiger partial charge in [0.2, 0.25) is 5.91 Å². The highest BCUT2D eigenvalue weighted by atomic mass is 16.1. The van der Waals surface area contributed by atoms with Gasteiger partial charge in [-0.1, -0.05) is 25.1 Å². The predicted octanol–water partition coefficient (Wildman–Crippen LogP) is 3.08. The van der Waals surface area contributed by atoms with Gasteiger partial charge in [0, 0.05) is 24.8 Å². The van der Waals surface area contributed by atoms with Crippen LogP contribution in [0.1, 0.15) is 37.9 Å². The Morgan fingerprint density at radius 2 is 1.88 bits per heavy atom. The van der Waals surface area contributed by atoms with Gasteiger partial charge in [-0.3, -0.25) is 9.78 Å². The molecule has 0 atom stereocenters. The third-order valence-corrected chi connectivity index (χ3v) is 3.64. The number of amides is 1. The Morgan fingerprint density at radius 3 is 2.54 bits per heavy atom. The number of aromatic nitrogens is 1. The van der Waals surface area contributed by atoms with E-state index in [1.165, 1.54) is 0 Å². The van der Waals surface area contributed by atoms with E-state index in [1.807, 2.05) is 56.3 Å². The summed E-state index contributed by atoms with van der Waals surface area (Å²) in [6.07, 6.45) is 3.17. The second-order valence-corrected chi connectivity index (χ2v) is 5.86. The molecule has 0 saturated heterocycles. The topological polar surface area (TPSA) is 78.4 Å². The second kappa shape index (κ2) is 10.9. The summed E-state index contributed by atoms with van der Waals surface area (Å²) in [5, 5.41) is 9.39. The zero-order valence-electron chi connectivity index (χ0n) is 15.5. The SMILES string of the molecule is CCCC(=O)Nc1ccc(CN=C(NCC)NCc2ccccn2)cc1. The number of carbonyl (C=O) groups excluding carboxylic acids is 1. The standard InChI is InChI=1S/C20H27N5O/c1-3-7-19(26)25-17-11-9-16(10-12-17)14-23-20(21-4-2)24-15-18-8-5-6-13-22-18/h5-6,8-13H,3-4,7,14-15H2,1-2H3,(H,25,26)(H2,21,23,24). The summed E-state index contributed by atoms with van der Waals surface area (Å²) >= 11 is 0. The molecule has 2 aromatic rings. The average molecular weight is 353 g/mol. The minimum atomic E-state index is 0.0476. The van der Waals surface area contributed by atoms with E-state index in [0.29, 0.717) is 19.5 Å². The molecular weight excluding hydrogens is 326 g/mol. The van der Waals surface area contributed by atoms with Gasteiger partial charge in [0.1, 0.15) is 0 Å². The molecule has 0 aliphatic heterocycles. The number of anilines is 1. The monoisotopic (exact) mass is 353 g/mol. The van der Waals surface area contributed by atoms with Crippen LogP contribution in [0.15, 0.2) is 53.7 Å². The predicted molar refractivity (Wildman–Crippen MR) is 106 cm³/mol. The lowest BCUT2D eigenvalue weighted by Gasteiger charge is -2.11. The third-order valence-electron chi connectivity index (χ3n) is 3.64.